The van der Waals surface area contributed by atoms with Gasteiger partial charge in [-0.3, -0.25) is 4.90 Å². The van der Waals surface area contributed by atoms with E-state index < -0.39 is 11.9 Å². The number of carboxylic acid groups (broad SMARTS) is 2. The van der Waals surface area contributed by atoms with Crippen LogP contribution in [0.4, 0.5) is 0 Å². The largest absolute Gasteiger partial charge is 0.504 e. The van der Waals surface area contributed by atoms with E-state index in [4.69, 9.17) is 14.9 Å². The van der Waals surface area contributed by atoms with Crippen molar-refractivity contribution in [1.29, 1.82) is 0 Å². The molecule has 0 saturated carbocycles. The van der Waals surface area contributed by atoms with Gasteiger partial charge < -0.3 is 25.2 Å². The summed E-state index contributed by atoms with van der Waals surface area (Å²) in [5.41, 5.74) is 4.07. The molecule has 1 aliphatic rings. The minimum Gasteiger partial charge on any atom is -0.504 e. The molecule has 4 aromatic rings. The number of hydrogen-bond acceptors (Lipinski definition) is 6. The Balaban J connectivity index is 0.000000237. The number of carbonyl (C=O) groups is 2. The number of phenolic OH excluding ortho intramolecular Hbond substituents is 2. The molecule has 218 valence electrons. The van der Waals surface area contributed by atoms with E-state index in [1.807, 2.05) is 19.9 Å². The first-order chi connectivity index (χ1) is 19.1. The third-order valence-electron chi connectivity index (χ3n) is 6.42. The second-order valence-electron chi connectivity index (χ2n) is 9.57. The average Bonchev–Trinajstić information content (AvgIpc) is 2.94. The molecule has 1 saturated heterocycles. The molecule has 0 aliphatic carbocycles. The molecule has 1 aliphatic heterocycles. The lowest BCUT2D eigenvalue weighted by molar-refractivity contribution is 0.0384. The highest BCUT2D eigenvalue weighted by Gasteiger charge is 2.10. The Labute approximate surface area is 245 Å². The van der Waals surface area contributed by atoms with Crippen LogP contribution in [0.1, 0.15) is 37.4 Å². The molecular weight excluding hydrogens is 546 g/mol. The lowest BCUT2D eigenvalue weighted by Crippen LogP contribution is -2.37. The van der Waals surface area contributed by atoms with Gasteiger partial charge in [-0.25, -0.2) is 9.59 Å². The lowest BCUT2D eigenvalue weighted by atomic mass is 10.0. The monoisotopic (exact) mass is 581 g/mol. The molecule has 8 nitrogen and oxygen atoms in total. The van der Waals surface area contributed by atoms with Gasteiger partial charge >= 0.3 is 11.9 Å². The molecule has 5 rings (SSSR count). The zero-order chi connectivity index (χ0) is 29.1. The summed E-state index contributed by atoms with van der Waals surface area (Å²) in [6.07, 6.45) is 0.984. The first kappa shape index (κ1) is 33.1. The SMILES string of the molecule is Cc1ccc(C(=O)O)cc1.Cc1ccc(C(=O)O)cc1.Cl.Oc1cc2ccc(CCN3CCOCC3)cc2cc1O. The highest BCUT2D eigenvalue weighted by atomic mass is 35.5. The Morgan fingerprint density at radius 2 is 1.17 bits per heavy atom. The third-order valence-corrected chi connectivity index (χ3v) is 6.42. The molecule has 0 aromatic heterocycles. The van der Waals surface area contributed by atoms with Crippen LogP contribution >= 0.6 is 12.4 Å². The van der Waals surface area contributed by atoms with E-state index in [9.17, 15) is 19.8 Å². The van der Waals surface area contributed by atoms with Crippen LogP contribution < -0.4 is 0 Å². The van der Waals surface area contributed by atoms with E-state index in [2.05, 4.69) is 17.0 Å². The summed E-state index contributed by atoms with van der Waals surface area (Å²) in [6.45, 7) is 8.52. The fourth-order valence-corrected chi connectivity index (χ4v) is 3.98. The Morgan fingerprint density at radius 1 is 0.707 bits per heavy atom. The molecule has 0 amide bonds. The zero-order valence-corrected chi connectivity index (χ0v) is 23.9. The molecule has 1 fully saturated rings. The summed E-state index contributed by atoms with van der Waals surface area (Å²) < 4.78 is 5.34. The maximum absolute atomic E-state index is 10.3. The normalized spacial score (nSPS) is 12.6. The van der Waals surface area contributed by atoms with Gasteiger partial charge in [0, 0.05) is 19.6 Å². The van der Waals surface area contributed by atoms with Crippen LogP contribution in [0.5, 0.6) is 11.5 Å². The van der Waals surface area contributed by atoms with Crippen molar-refractivity contribution in [2.45, 2.75) is 20.3 Å². The Bertz CT molecular complexity index is 1360. The molecular formula is C32H36ClNO7. The Morgan fingerprint density at radius 3 is 1.63 bits per heavy atom. The number of ether oxygens (including phenoxy) is 1. The molecule has 4 N–H and O–H groups in total. The summed E-state index contributed by atoms with van der Waals surface area (Å²) in [5, 5.41) is 37.9. The minimum atomic E-state index is -0.875. The van der Waals surface area contributed by atoms with Crippen LogP contribution in [0.3, 0.4) is 0 Å². The number of aryl methyl sites for hydroxylation is 2. The van der Waals surface area contributed by atoms with Crippen LogP contribution in [0, 0.1) is 13.8 Å². The van der Waals surface area contributed by atoms with Crippen molar-refractivity contribution in [2.24, 2.45) is 0 Å². The predicted octanol–water partition coefficient (Wildman–Crippen LogP) is 5.93. The van der Waals surface area contributed by atoms with E-state index in [-0.39, 0.29) is 23.9 Å². The number of fused-ring (bicyclic) bond motifs is 1. The average molecular weight is 582 g/mol. The summed E-state index contributed by atoms with van der Waals surface area (Å²) in [6, 6.07) is 22.9. The van der Waals surface area contributed by atoms with E-state index in [0.29, 0.717) is 11.1 Å². The molecule has 0 unspecified atom stereocenters. The summed E-state index contributed by atoms with van der Waals surface area (Å²) in [4.78, 5) is 23.0. The van der Waals surface area contributed by atoms with E-state index in [1.165, 1.54) is 5.56 Å². The molecule has 9 heteroatoms. The number of hydrogen-bond donors (Lipinski definition) is 4. The van der Waals surface area contributed by atoms with Gasteiger partial charge in [0.2, 0.25) is 0 Å². The molecule has 1 heterocycles. The van der Waals surface area contributed by atoms with Gasteiger partial charge in [0.05, 0.1) is 24.3 Å². The van der Waals surface area contributed by atoms with E-state index >= 15 is 0 Å². The second kappa shape index (κ2) is 16.2. The van der Waals surface area contributed by atoms with Crippen molar-refractivity contribution in [3.05, 3.63) is 107 Å². The van der Waals surface area contributed by atoms with Gasteiger partial charge in [-0.05, 0) is 73.0 Å². The molecule has 0 radical (unpaired) electrons. The van der Waals surface area contributed by atoms with Crippen LogP contribution in [-0.4, -0.2) is 70.1 Å². The first-order valence-corrected chi connectivity index (χ1v) is 13.0. The van der Waals surface area contributed by atoms with Crippen molar-refractivity contribution >= 4 is 35.1 Å². The Kier molecular flexibility index (Phi) is 13.1. The smallest absolute Gasteiger partial charge is 0.335 e. The fourth-order valence-electron chi connectivity index (χ4n) is 3.98. The number of rotatable bonds is 5. The Hall–Kier alpha value is -4.11. The highest BCUT2D eigenvalue weighted by molar-refractivity contribution is 5.88. The highest BCUT2D eigenvalue weighted by Crippen LogP contribution is 2.30. The van der Waals surface area contributed by atoms with Crippen molar-refractivity contribution in [3.63, 3.8) is 0 Å². The van der Waals surface area contributed by atoms with Crippen molar-refractivity contribution in [1.82, 2.24) is 4.90 Å². The van der Waals surface area contributed by atoms with Crippen LogP contribution in [0.25, 0.3) is 10.8 Å². The predicted molar refractivity (Wildman–Crippen MR) is 162 cm³/mol. The number of morpholine rings is 1. The fraction of sp³-hybridized carbons (Fsp3) is 0.250. The number of halogens is 1. The second-order valence-corrected chi connectivity index (χ2v) is 9.57. The summed E-state index contributed by atoms with van der Waals surface area (Å²) in [5.74, 6) is -1.89. The van der Waals surface area contributed by atoms with Gasteiger partial charge in [0.1, 0.15) is 0 Å². The lowest BCUT2D eigenvalue weighted by Gasteiger charge is -2.26. The number of carboxylic acids is 2. The van der Waals surface area contributed by atoms with Gasteiger partial charge in [-0.2, -0.15) is 0 Å². The topological polar surface area (TPSA) is 128 Å². The van der Waals surface area contributed by atoms with Crippen molar-refractivity contribution in [2.75, 3.05) is 32.8 Å². The number of benzene rings is 4. The first-order valence-electron chi connectivity index (χ1n) is 13.0. The van der Waals surface area contributed by atoms with Crippen molar-refractivity contribution < 1.29 is 34.8 Å². The van der Waals surface area contributed by atoms with Gasteiger partial charge in [0.15, 0.2) is 11.5 Å². The summed E-state index contributed by atoms with van der Waals surface area (Å²) >= 11 is 0. The number of aromatic hydroxyl groups is 2. The number of phenols is 2. The van der Waals surface area contributed by atoms with Gasteiger partial charge in [0.25, 0.3) is 0 Å². The van der Waals surface area contributed by atoms with Crippen LogP contribution in [0.2, 0.25) is 0 Å². The molecule has 0 bridgehead atoms. The maximum Gasteiger partial charge on any atom is 0.335 e. The zero-order valence-electron chi connectivity index (χ0n) is 23.1. The van der Waals surface area contributed by atoms with Gasteiger partial charge in [-0.15, -0.1) is 12.4 Å². The van der Waals surface area contributed by atoms with Crippen LogP contribution in [0.15, 0.2) is 78.9 Å². The maximum atomic E-state index is 10.3. The van der Waals surface area contributed by atoms with E-state index in [1.54, 1.807) is 60.7 Å². The molecule has 4 aromatic carbocycles. The van der Waals surface area contributed by atoms with Crippen LogP contribution in [-0.2, 0) is 11.2 Å². The molecule has 0 atom stereocenters. The third kappa shape index (κ3) is 10.8. The number of aromatic carboxylic acids is 2. The standard InChI is InChI=1S/C16H19NO3.2C8H8O2.ClH/c18-15-10-13-2-1-12(9-14(13)11-16(15)19)3-4-17-5-7-20-8-6-17;2*1-6-2-4-7(5-3-6)8(9)10;/h1-2,9-11,18-19H,3-8H2;2*2-5H,1H3,(H,9,10);1H. The van der Waals surface area contributed by atoms with E-state index in [0.717, 1.165) is 61.2 Å². The number of nitrogens with zero attached hydrogens (tertiary/aromatic N) is 1. The van der Waals surface area contributed by atoms with Crippen molar-refractivity contribution in [3.8, 4) is 11.5 Å². The molecule has 0 spiro atoms. The summed E-state index contributed by atoms with van der Waals surface area (Å²) in [7, 11) is 0. The molecule has 41 heavy (non-hydrogen) atoms. The minimum absolute atomic E-state index is 0. The quantitative estimate of drug-likeness (QED) is 0.213. The van der Waals surface area contributed by atoms with Gasteiger partial charge in [-0.1, -0.05) is 53.6 Å².